The lowest BCUT2D eigenvalue weighted by Gasteiger charge is -2.17. The molecule has 0 aliphatic carbocycles. The zero-order chi connectivity index (χ0) is 24.9. The number of carbonyl (C=O) groups excluding carboxylic acids is 1. The first kappa shape index (κ1) is 24.2. The average molecular weight is 488 g/mol. The number of nitrogens with zero attached hydrogens (tertiary/aromatic N) is 5. The largest absolute Gasteiger partial charge is 0.315 e. The molecule has 0 radical (unpaired) electrons. The fraction of sp³-hybridized carbons (Fsp3) is 0.192. The third kappa shape index (κ3) is 5.58. The predicted molar refractivity (Wildman–Crippen MR) is 137 cm³/mol. The molecule has 0 spiro atoms. The van der Waals surface area contributed by atoms with Gasteiger partial charge in [0.1, 0.15) is 5.82 Å². The second kappa shape index (κ2) is 10.5. The van der Waals surface area contributed by atoms with Gasteiger partial charge in [0.15, 0.2) is 5.16 Å². The van der Waals surface area contributed by atoms with Crippen molar-refractivity contribution in [3.8, 4) is 5.69 Å². The van der Waals surface area contributed by atoms with Gasteiger partial charge in [0.25, 0.3) is 5.69 Å². The maximum Gasteiger partial charge on any atom is 0.269 e. The van der Waals surface area contributed by atoms with Gasteiger partial charge < -0.3 is 4.90 Å². The summed E-state index contributed by atoms with van der Waals surface area (Å²) >= 11 is 1.32. The number of nitro groups is 1. The molecular formula is C26H25N5O3S. The highest BCUT2D eigenvalue weighted by Crippen LogP contribution is 2.27. The van der Waals surface area contributed by atoms with Crippen LogP contribution in [0.25, 0.3) is 5.69 Å². The SMILES string of the molecule is Cc1ccc(-n2c(Cc3ccccc3)nnc2SCC(=O)N(C)c2ccc([N+](=O)[O-])cc2)c(C)c1. The second-order valence-corrected chi connectivity index (χ2v) is 9.14. The predicted octanol–water partition coefficient (Wildman–Crippen LogP) is 5.14. The van der Waals surface area contributed by atoms with Crippen molar-refractivity contribution < 1.29 is 9.72 Å². The Morgan fingerprint density at radius 2 is 1.74 bits per heavy atom. The molecule has 3 aromatic carbocycles. The zero-order valence-electron chi connectivity index (χ0n) is 19.7. The van der Waals surface area contributed by atoms with Crippen LogP contribution in [0.2, 0.25) is 0 Å². The van der Waals surface area contributed by atoms with Crippen LogP contribution < -0.4 is 4.90 Å². The smallest absolute Gasteiger partial charge is 0.269 e. The Morgan fingerprint density at radius 3 is 2.40 bits per heavy atom. The van der Waals surface area contributed by atoms with E-state index in [0.717, 1.165) is 28.2 Å². The number of aromatic nitrogens is 3. The van der Waals surface area contributed by atoms with E-state index in [1.807, 2.05) is 22.8 Å². The molecule has 1 heterocycles. The fourth-order valence-corrected chi connectivity index (χ4v) is 4.63. The monoisotopic (exact) mass is 487 g/mol. The number of aryl methyl sites for hydroxylation is 2. The van der Waals surface area contributed by atoms with Crippen LogP contribution in [0.5, 0.6) is 0 Å². The lowest BCUT2D eigenvalue weighted by molar-refractivity contribution is -0.384. The first-order valence-electron chi connectivity index (χ1n) is 11.0. The van der Waals surface area contributed by atoms with E-state index in [9.17, 15) is 14.9 Å². The van der Waals surface area contributed by atoms with Gasteiger partial charge in [-0.1, -0.05) is 59.8 Å². The van der Waals surface area contributed by atoms with Crippen molar-refractivity contribution in [3.05, 3.63) is 105 Å². The average Bonchev–Trinajstić information content (AvgIpc) is 3.24. The summed E-state index contributed by atoms with van der Waals surface area (Å²) in [6.45, 7) is 4.10. The molecule has 0 atom stereocenters. The summed E-state index contributed by atoms with van der Waals surface area (Å²) in [6, 6.07) is 22.2. The van der Waals surface area contributed by atoms with E-state index in [1.165, 1.54) is 28.8 Å². The van der Waals surface area contributed by atoms with E-state index in [4.69, 9.17) is 0 Å². The van der Waals surface area contributed by atoms with Crippen LogP contribution in [-0.2, 0) is 11.2 Å². The van der Waals surface area contributed by atoms with E-state index in [2.05, 4.69) is 54.4 Å². The molecule has 1 amide bonds. The summed E-state index contributed by atoms with van der Waals surface area (Å²) in [7, 11) is 1.65. The van der Waals surface area contributed by atoms with Crippen LogP contribution in [0.1, 0.15) is 22.5 Å². The first-order chi connectivity index (χ1) is 16.8. The van der Waals surface area contributed by atoms with Crippen LogP contribution >= 0.6 is 11.8 Å². The molecule has 0 aliphatic rings. The van der Waals surface area contributed by atoms with Gasteiger partial charge in [0, 0.05) is 31.3 Å². The van der Waals surface area contributed by atoms with Crippen molar-refractivity contribution in [2.45, 2.75) is 25.4 Å². The van der Waals surface area contributed by atoms with Crippen LogP contribution in [0.3, 0.4) is 0 Å². The minimum absolute atomic E-state index is 0.0171. The number of hydrogen-bond donors (Lipinski definition) is 0. The molecule has 1 aromatic heterocycles. The minimum atomic E-state index is -0.464. The van der Waals surface area contributed by atoms with Crippen LogP contribution in [-0.4, -0.2) is 38.4 Å². The molecule has 9 heteroatoms. The van der Waals surface area contributed by atoms with Gasteiger partial charge in [-0.3, -0.25) is 19.5 Å². The summed E-state index contributed by atoms with van der Waals surface area (Å²) in [6.07, 6.45) is 0.609. The van der Waals surface area contributed by atoms with Gasteiger partial charge in [0.2, 0.25) is 5.91 Å². The highest BCUT2D eigenvalue weighted by molar-refractivity contribution is 7.99. The standard InChI is InChI=1S/C26H25N5O3S/c1-18-9-14-23(19(2)15-18)30-24(16-20-7-5-4-6-8-20)27-28-26(30)35-17-25(32)29(3)21-10-12-22(13-11-21)31(33)34/h4-15H,16-17H2,1-3H3. The Labute approximate surface area is 207 Å². The lowest BCUT2D eigenvalue weighted by Crippen LogP contribution is -2.28. The molecule has 0 bridgehead atoms. The second-order valence-electron chi connectivity index (χ2n) is 8.20. The highest BCUT2D eigenvalue weighted by Gasteiger charge is 2.19. The quantitative estimate of drug-likeness (QED) is 0.194. The summed E-state index contributed by atoms with van der Waals surface area (Å²) < 4.78 is 2.02. The normalized spacial score (nSPS) is 10.8. The molecular weight excluding hydrogens is 462 g/mol. The third-order valence-corrected chi connectivity index (χ3v) is 6.56. The number of anilines is 1. The summed E-state index contributed by atoms with van der Waals surface area (Å²) in [5.41, 5.74) is 4.92. The maximum absolute atomic E-state index is 12.9. The van der Waals surface area contributed by atoms with Crippen LogP contribution in [0.15, 0.2) is 78.0 Å². The fourth-order valence-electron chi connectivity index (χ4n) is 3.75. The van der Waals surface area contributed by atoms with Gasteiger partial charge in [-0.25, -0.2) is 0 Å². The van der Waals surface area contributed by atoms with Crippen LogP contribution in [0.4, 0.5) is 11.4 Å². The van der Waals surface area contributed by atoms with E-state index in [-0.39, 0.29) is 17.3 Å². The Balaban J connectivity index is 1.58. The molecule has 4 rings (SSSR count). The maximum atomic E-state index is 12.9. The van der Waals surface area contributed by atoms with Crippen molar-refractivity contribution >= 4 is 29.0 Å². The summed E-state index contributed by atoms with van der Waals surface area (Å²) in [4.78, 5) is 24.8. The van der Waals surface area contributed by atoms with Crippen molar-refractivity contribution in [1.82, 2.24) is 14.8 Å². The van der Waals surface area contributed by atoms with E-state index < -0.39 is 4.92 Å². The summed E-state index contributed by atoms with van der Waals surface area (Å²) in [5, 5.41) is 20.4. The number of non-ortho nitro benzene ring substituents is 1. The minimum Gasteiger partial charge on any atom is -0.315 e. The van der Waals surface area contributed by atoms with E-state index >= 15 is 0 Å². The van der Waals surface area contributed by atoms with Gasteiger partial charge in [0.05, 0.1) is 16.4 Å². The number of carbonyl (C=O) groups is 1. The molecule has 35 heavy (non-hydrogen) atoms. The van der Waals surface area contributed by atoms with Gasteiger partial charge in [-0.15, -0.1) is 10.2 Å². The molecule has 4 aromatic rings. The number of benzene rings is 3. The molecule has 0 unspecified atom stereocenters. The van der Waals surface area contributed by atoms with Crippen LogP contribution in [0, 0.1) is 24.0 Å². The molecule has 178 valence electrons. The van der Waals surface area contributed by atoms with Crippen molar-refractivity contribution in [1.29, 1.82) is 0 Å². The first-order valence-corrected chi connectivity index (χ1v) is 12.0. The topological polar surface area (TPSA) is 94.2 Å². The zero-order valence-corrected chi connectivity index (χ0v) is 20.5. The number of nitro benzene ring substituents is 1. The molecule has 0 fully saturated rings. The number of hydrogen-bond acceptors (Lipinski definition) is 6. The Kier molecular flexibility index (Phi) is 7.26. The molecule has 0 saturated carbocycles. The number of amides is 1. The van der Waals surface area contributed by atoms with Crippen molar-refractivity contribution in [2.75, 3.05) is 17.7 Å². The highest BCUT2D eigenvalue weighted by atomic mass is 32.2. The van der Waals surface area contributed by atoms with Crippen molar-refractivity contribution in [2.24, 2.45) is 0 Å². The summed E-state index contributed by atoms with van der Waals surface area (Å²) in [5.74, 6) is 0.785. The number of thioether (sulfide) groups is 1. The van der Waals surface area contributed by atoms with Gasteiger partial charge in [-0.2, -0.15) is 0 Å². The Morgan fingerprint density at radius 1 is 1.03 bits per heavy atom. The molecule has 0 N–H and O–H groups in total. The Hall–Kier alpha value is -3.98. The lowest BCUT2D eigenvalue weighted by atomic mass is 10.1. The molecule has 0 aliphatic heterocycles. The molecule has 0 saturated heterocycles. The van der Waals surface area contributed by atoms with Gasteiger partial charge in [-0.05, 0) is 43.2 Å². The Bertz CT molecular complexity index is 1350. The molecule has 8 nitrogen and oxygen atoms in total. The van der Waals surface area contributed by atoms with E-state index in [0.29, 0.717) is 17.3 Å². The van der Waals surface area contributed by atoms with Gasteiger partial charge >= 0.3 is 0 Å². The third-order valence-electron chi connectivity index (χ3n) is 5.65. The van der Waals surface area contributed by atoms with E-state index in [1.54, 1.807) is 19.2 Å². The van der Waals surface area contributed by atoms with Crippen molar-refractivity contribution in [3.63, 3.8) is 0 Å². The number of rotatable bonds is 8.